The standard InChI is InChI=1S/4C5H5.Co.Ni/c4*1-2-4-5-3-1;;/h4*1-5H;;/q4*-1;2*+2. The molecule has 4 aromatic rings. The van der Waals surface area contributed by atoms with E-state index < -0.39 is 0 Å². The van der Waals surface area contributed by atoms with Gasteiger partial charge in [-0.05, 0) is 0 Å². The molecule has 2 heteroatoms. The van der Waals surface area contributed by atoms with E-state index in [0.717, 1.165) is 0 Å². The van der Waals surface area contributed by atoms with Gasteiger partial charge in [-0.1, -0.05) is 0 Å². The summed E-state index contributed by atoms with van der Waals surface area (Å²) in [5.74, 6) is 0. The van der Waals surface area contributed by atoms with Crippen molar-refractivity contribution in [2.45, 2.75) is 0 Å². The second-order valence-electron chi connectivity index (χ2n) is 3.85. The van der Waals surface area contributed by atoms with Crippen LogP contribution in [0.25, 0.3) is 0 Å². The maximum atomic E-state index is 2.00. The van der Waals surface area contributed by atoms with E-state index in [4.69, 9.17) is 0 Å². The minimum atomic E-state index is 0. The van der Waals surface area contributed by atoms with E-state index in [-0.39, 0.29) is 33.3 Å². The van der Waals surface area contributed by atoms with Crippen molar-refractivity contribution in [3.8, 4) is 0 Å². The van der Waals surface area contributed by atoms with E-state index in [1.807, 2.05) is 121 Å². The molecule has 0 bridgehead atoms. The minimum Gasteiger partial charge on any atom is -0.214 e. The smallest absolute Gasteiger partial charge is 0.214 e. The molecule has 0 saturated heterocycles. The van der Waals surface area contributed by atoms with Crippen LogP contribution in [0.15, 0.2) is 121 Å². The van der Waals surface area contributed by atoms with Crippen molar-refractivity contribution < 1.29 is 33.3 Å². The van der Waals surface area contributed by atoms with E-state index in [1.165, 1.54) is 0 Å². The summed E-state index contributed by atoms with van der Waals surface area (Å²) < 4.78 is 0. The van der Waals surface area contributed by atoms with Crippen LogP contribution in [-0.2, 0) is 33.3 Å². The van der Waals surface area contributed by atoms with Crippen molar-refractivity contribution in [1.82, 2.24) is 0 Å². The average Bonchev–Trinajstić information content (AvgIpc) is 3.40. The van der Waals surface area contributed by atoms with E-state index in [1.54, 1.807) is 0 Å². The molecule has 0 aromatic heterocycles. The Balaban J connectivity index is 0. The Hall–Kier alpha value is -1.60. The maximum Gasteiger partial charge on any atom is 2.00 e. The Morgan fingerprint density at radius 3 is 0.500 bits per heavy atom. The molecular formula is C20H20CoNi. The summed E-state index contributed by atoms with van der Waals surface area (Å²) in [6.07, 6.45) is 0. The monoisotopic (exact) mass is 377 g/mol. The molecule has 0 unspecified atom stereocenters. The van der Waals surface area contributed by atoms with Crippen LogP contribution in [0.1, 0.15) is 0 Å². The molecule has 4 aromatic carbocycles. The predicted octanol–water partition coefficient (Wildman–Crippen LogP) is 5.62. The number of hydrogen-bond acceptors (Lipinski definition) is 0. The van der Waals surface area contributed by atoms with Gasteiger partial charge in [-0.15, -0.1) is 0 Å². The van der Waals surface area contributed by atoms with Crippen LogP contribution >= 0.6 is 0 Å². The average molecular weight is 378 g/mol. The quantitative estimate of drug-likeness (QED) is 0.275. The molecule has 0 aliphatic rings. The Kier molecular flexibility index (Phi) is 20.0. The molecule has 1 radical (unpaired) electrons. The Morgan fingerprint density at radius 1 is 0.318 bits per heavy atom. The second kappa shape index (κ2) is 19.4. The van der Waals surface area contributed by atoms with Crippen LogP contribution in [0.3, 0.4) is 0 Å². The Morgan fingerprint density at radius 2 is 0.455 bits per heavy atom. The van der Waals surface area contributed by atoms with E-state index in [0.29, 0.717) is 0 Å². The van der Waals surface area contributed by atoms with E-state index in [2.05, 4.69) is 0 Å². The SMILES string of the molecule is [Co+2].[Ni+2].c1cc[cH-]c1.c1cc[cH-]c1.c1cc[cH-]c1.c1cc[cH-]c1. The third-order valence-corrected chi connectivity index (χ3v) is 2.22. The van der Waals surface area contributed by atoms with E-state index >= 15 is 0 Å². The third kappa shape index (κ3) is 16.5. The summed E-state index contributed by atoms with van der Waals surface area (Å²) in [5, 5.41) is 0. The first-order valence-electron chi connectivity index (χ1n) is 6.67. The molecule has 4 rings (SSSR count). The Bertz CT molecular complexity index is 343. The first-order valence-corrected chi connectivity index (χ1v) is 6.67. The van der Waals surface area contributed by atoms with Gasteiger partial charge >= 0.3 is 33.3 Å². The van der Waals surface area contributed by atoms with Crippen LogP contribution in [-0.4, -0.2) is 0 Å². The minimum absolute atomic E-state index is 0. The van der Waals surface area contributed by atoms with Gasteiger partial charge in [0.2, 0.25) is 0 Å². The first kappa shape index (κ1) is 22.7. The van der Waals surface area contributed by atoms with Crippen molar-refractivity contribution in [2.75, 3.05) is 0 Å². The van der Waals surface area contributed by atoms with Gasteiger partial charge in [0, 0.05) is 0 Å². The molecular weight excluding hydrogens is 358 g/mol. The van der Waals surface area contributed by atoms with Crippen molar-refractivity contribution in [2.24, 2.45) is 0 Å². The second-order valence-corrected chi connectivity index (χ2v) is 3.85. The van der Waals surface area contributed by atoms with Crippen molar-refractivity contribution in [3.63, 3.8) is 0 Å². The Labute approximate surface area is 154 Å². The molecule has 119 valence electrons. The molecule has 0 nitrogen and oxygen atoms in total. The topological polar surface area (TPSA) is 0 Å². The fourth-order valence-electron chi connectivity index (χ4n) is 1.28. The normalized spacial score (nSPS) is 7.27. The predicted molar refractivity (Wildman–Crippen MR) is 88.1 cm³/mol. The largest absolute Gasteiger partial charge is 2.00 e. The van der Waals surface area contributed by atoms with Crippen LogP contribution < -0.4 is 0 Å². The van der Waals surface area contributed by atoms with Crippen molar-refractivity contribution in [1.29, 1.82) is 0 Å². The van der Waals surface area contributed by atoms with E-state index in [9.17, 15) is 0 Å². The molecule has 0 aliphatic carbocycles. The molecule has 0 fully saturated rings. The summed E-state index contributed by atoms with van der Waals surface area (Å²) in [4.78, 5) is 0. The first-order chi connectivity index (χ1) is 10.0. The van der Waals surface area contributed by atoms with Crippen LogP contribution in [0.2, 0.25) is 0 Å². The molecule has 0 saturated carbocycles. The van der Waals surface area contributed by atoms with Crippen molar-refractivity contribution >= 4 is 0 Å². The van der Waals surface area contributed by atoms with Crippen molar-refractivity contribution in [3.05, 3.63) is 121 Å². The maximum absolute atomic E-state index is 2.00. The molecule has 0 amide bonds. The molecule has 0 N–H and O–H groups in total. The molecule has 0 aliphatic heterocycles. The van der Waals surface area contributed by atoms with Gasteiger partial charge in [0.25, 0.3) is 0 Å². The fourth-order valence-corrected chi connectivity index (χ4v) is 1.28. The summed E-state index contributed by atoms with van der Waals surface area (Å²) in [5.41, 5.74) is 0. The zero-order chi connectivity index (χ0) is 14.1. The molecule has 22 heavy (non-hydrogen) atoms. The van der Waals surface area contributed by atoms with Crippen LogP contribution in [0.4, 0.5) is 0 Å². The fraction of sp³-hybridized carbons (Fsp3) is 0. The van der Waals surface area contributed by atoms with Gasteiger partial charge in [-0.3, -0.25) is 0 Å². The van der Waals surface area contributed by atoms with Gasteiger partial charge < -0.3 is 0 Å². The van der Waals surface area contributed by atoms with Gasteiger partial charge in [0.15, 0.2) is 0 Å². The number of hydrogen-bond donors (Lipinski definition) is 0. The van der Waals surface area contributed by atoms with Crippen LogP contribution in [0, 0.1) is 0 Å². The van der Waals surface area contributed by atoms with Crippen LogP contribution in [0.5, 0.6) is 0 Å². The summed E-state index contributed by atoms with van der Waals surface area (Å²) in [6.45, 7) is 0. The summed E-state index contributed by atoms with van der Waals surface area (Å²) in [6, 6.07) is 40.0. The number of rotatable bonds is 0. The van der Waals surface area contributed by atoms with Gasteiger partial charge in [0.1, 0.15) is 0 Å². The molecule has 0 spiro atoms. The van der Waals surface area contributed by atoms with Gasteiger partial charge in [0.05, 0.1) is 0 Å². The zero-order valence-corrected chi connectivity index (χ0v) is 14.2. The molecule has 0 heterocycles. The third-order valence-electron chi connectivity index (χ3n) is 2.22. The van der Waals surface area contributed by atoms with Gasteiger partial charge in [-0.25, -0.2) is 48.5 Å². The summed E-state index contributed by atoms with van der Waals surface area (Å²) in [7, 11) is 0. The van der Waals surface area contributed by atoms with Gasteiger partial charge in [-0.2, -0.15) is 72.8 Å². The molecule has 0 atom stereocenters. The zero-order valence-electron chi connectivity index (χ0n) is 12.2. The summed E-state index contributed by atoms with van der Waals surface area (Å²) >= 11 is 0.